The Morgan fingerprint density at radius 1 is 1.14 bits per heavy atom. The van der Waals surface area contributed by atoms with E-state index in [0.29, 0.717) is 22.1 Å². The lowest BCUT2D eigenvalue weighted by molar-refractivity contribution is -0.141. The molecule has 5 fully saturated rings. The zero-order valence-corrected chi connectivity index (χ0v) is 14.8. The molecule has 1 amide bonds. The summed E-state index contributed by atoms with van der Waals surface area (Å²) in [6.45, 7) is 4.19. The summed E-state index contributed by atoms with van der Waals surface area (Å²) in [5, 5.41) is 0. The molecular weight excluding hydrogens is 326 g/mol. The van der Waals surface area contributed by atoms with Gasteiger partial charge in [-0.1, -0.05) is 22.9 Å². The molecule has 1 heterocycles. The van der Waals surface area contributed by atoms with Crippen LogP contribution in [0, 0.1) is 29.1 Å². The maximum Gasteiger partial charge on any atom is 0.223 e. The van der Waals surface area contributed by atoms with Crippen LogP contribution in [0.3, 0.4) is 0 Å². The monoisotopic (exact) mass is 353 g/mol. The summed E-state index contributed by atoms with van der Waals surface area (Å²) in [4.78, 5) is 15.6. The first-order chi connectivity index (χ1) is 10.0. The molecule has 5 rings (SSSR count). The summed E-state index contributed by atoms with van der Waals surface area (Å²) in [6, 6.07) is 0. The Kier molecular flexibility index (Phi) is 3.63. The van der Waals surface area contributed by atoms with Crippen LogP contribution in [0.4, 0.5) is 0 Å². The van der Waals surface area contributed by atoms with Crippen LogP contribution in [0.15, 0.2) is 0 Å². The average molecular weight is 354 g/mol. The third-order valence-electron chi connectivity index (χ3n) is 6.84. The Morgan fingerprint density at radius 3 is 2.24 bits per heavy atom. The number of hydrogen-bond donors (Lipinski definition) is 0. The van der Waals surface area contributed by atoms with Gasteiger partial charge in [0.15, 0.2) is 0 Å². The van der Waals surface area contributed by atoms with Crippen molar-refractivity contribution >= 4 is 21.8 Å². The Hall–Kier alpha value is -0.0500. The predicted molar refractivity (Wildman–Crippen MR) is 88.3 cm³/mol. The molecule has 2 atom stereocenters. The number of amides is 1. The molecule has 0 aromatic heterocycles. The lowest BCUT2D eigenvalue weighted by Crippen LogP contribution is -2.50. The molecule has 0 aromatic rings. The van der Waals surface area contributed by atoms with Crippen molar-refractivity contribution in [1.82, 2.24) is 4.90 Å². The van der Waals surface area contributed by atoms with E-state index >= 15 is 0 Å². The minimum atomic E-state index is 0.403. The van der Waals surface area contributed by atoms with E-state index in [9.17, 15) is 4.79 Å². The highest BCUT2D eigenvalue weighted by molar-refractivity contribution is 9.09. The second-order valence-electron chi connectivity index (χ2n) is 8.72. The minimum absolute atomic E-state index is 0.403. The van der Waals surface area contributed by atoms with Crippen molar-refractivity contribution in [2.45, 2.75) is 63.1 Å². The first-order valence-electron chi connectivity index (χ1n) is 8.95. The quantitative estimate of drug-likeness (QED) is 0.680. The molecule has 4 bridgehead atoms. The molecular formula is C18H28BrNO. The third kappa shape index (κ3) is 2.68. The van der Waals surface area contributed by atoms with Crippen LogP contribution in [0.5, 0.6) is 0 Å². The molecule has 4 aliphatic carbocycles. The van der Waals surface area contributed by atoms with E-state index in [0.717, 1.165) is 43.7 Å². The largest absolute Gasteiger partial charge is 0.342 e. The van der Waals surface area contributed by atoms with E-state index in [1.807, 2.05) is 0 Å². The molecule has 118 valence electrons. The lowest BCUT2D eigenvalue weighted by Gasteiger charge is -2.57. The van der Waals surface area contributed by atoms with E-state index < -0.39 is 0 Å². The van der Waals surface area contributed by atoms with Gasteiger partial charge in [0.25, 0.3) is 0 Å². The van der Waals surface area contributed by atoms with Gasteiger partial charge in [0.1, 0.15) is 0 Å². The Morgan fingerprint density at radius 2 is 1.71 bits per heavy atom. The van der Waals surface area contributed by atoms with E-state index in [-0.39, 0.29) is 0 Å². The predicted octanol–water partition coefficient (Wildman–Crippen LogP) is 4.22. The number of nitrogens with zero attached hydrogens (tertiary/aromatic N) is 1. The number of rotatable bonds is 2. The van der Waals surface area contributed by atoms with Gasteiger partial charge in [-0.15, -0.1) is 0 Å². The normalized spacial score (nSPS) is 48.7. The van der Waals surface area contributed by atoms with Gasteiger partial charge < -0.3 is 4.90 Å². The second-order valence-corrected chi connectivity index (χ2v) is 9.89. The highest BCUT2D eigenvalue weighted by Crippen LogP contribution is 2.61. The highest BCUT2D eigenvalue weighted by atomic mass is 79.9. The topological polar surface area (TPSA) is 20.3 Å². The first-order valence-corrected chi connectivity index (χ1v) is 9.86. The number of alkyl halides is 1. The molecule has 0 aromatic carbocycles. The van der Waals surface area contributed by atoms with Crippen LogP contribution >= 0.6 is 15.9 Å². The van der Waals surface area contributed by atoms with Crippen LogP contribution in [-0.2, 0) is 4.79 Å². The minimum Gasteiger partial charge on any atom is -0.342 e. The average Bonchev–Trinajstić information content (AvgIpc) is 2.39. The molecule has 1 aliphatic heterocycles. The zero-order chi connectivity index (χ0) is 14.6. The van der Waals surface area contributed by atoms with Crippen molar-refractivity contribution in [2.75, 3.05) is 13.1 Å². The standard InChI is InChI=1S/C18H28BrNO/c1-12-11-20(3-2-16(12)19)17(21)10-18-7-13-4-14(8-18)6-15(5-13)9-18/h12-16H,2-11H2,1H3. The summed E-state index contributed by atoms with van der Waals surface area (Å²) in [7, 11) is 0. The first kappa shape index (κ1) is 14.5. The van der Waals surface area contributed by atoms with E-state index in [2.05, 4.69) is 27.8 Å². The smallest absolute Gasteiger partial charge is 0.223 e. The van der Waals surface area contributed by atoms with Gasteiger partial charge >= 0.3 is 0 Å². The van der Waals surface area contributed by atoms with Gasteiger partial charge in [0, 0.05) is 24.3 Å². The van der Waals surface area contributed by atoms with Gasteiger partial charge in [-0.3, -0.25) is 4.79 Å². The lowest BCUT2D eigenvalue weighted by atomic mass is 9.49. The van der Waals surface area contributed by atoms with Crippen LogP contribution in [-0.4, -0.2) is 28.7 Å². The van der Waals surface area contributed by atoms with Crippen LogP contribution in [0.1, 0.15) is 58.3 Å². The van der Waals surface area contributed by atoms with Gasteiger partial charge in [0.2, 0.25) is 5.91 Å². The maximum atomic E-state index is 12.8. The Bertz CT molecular complexity index is 400. The van der Waals surface area contributed by atoms with Crippen molar-refractivity contribution in [2.24, 2.45) is 29.1 Å². The summed E-state index contributed by atoms with van der Waals surface area (Å²) in [5.74, 6) is 3.92. The number of carbonyl (C=O) groups excluding carboxylic acids is 1. The third-order valence-corrected chi connectivity index (χ3v) is 8.20. The van der Waals surface area contributed by atoms with Crippen LogP contribution < -0.4 is 0 Å². The fourth-order valence-corrected chi connectivity index (χ4v) is 6.65. The number of likely N-dealkylation sites (tertiary alicyclic amines) is 1. The number of halogens is 1. The number of hydrogen-bond acceptors (Lipinski definition) is 1. The van der Waals surface area contributed by atoms with Gasteiger partial charge in [-0.05, 0) is 74.0 Å². The maximum absolute atomic E-state index is 12.8. The van der Waals surface area contributed by atoms with Crippen molar-refractivity contribution in [3.63, 3.8) is 0 Å². The fourth-order valence-electron chi connectivity index (χ4n) is 6.28. The molecule has 0 N–H and O–H groups in total. The van der Waals surface area contributed by atoms with Crippen LogP contribution in [0.25, 0.3) is 0 Å². The highest BCUT2D eigenvalue weighted by Gasteiger charge is 2.51. The molecule has 0 spiro atoms. The van der Waals surface area contributed by atoms with Gasteiger partial charge in [-0.2, -0.15) is 0 Å². The van der Waals surface area contributed by atoms with Gasteiger partial charge in [-0.25, -0.2) is 0 Å². The summed E-state index contributed by atoms with van der Waals surface area (Å²) < 4.78 is 0. The SMILES string of the molecule is CC1CN(C(=O)CC23CC4CC(CC(C4)C2)C3)CCC1Br. The fraction of sp³-hybridized carbons (Fsp3) is 0.944. The van der Waals surface area contributed by atoms with Crippen molar-refractivity contribution in [1.29, 1.82) is 0 Å². The van der Waals surface area contributed by atoms with Gasteiger partial charge in [0.05, 0.1) is 0 Å². The van der Waals surface area contributed by atoms with Crippen molar-refractivity contribution in [3.05, 3.63) is 0 Å². The summed E-state index contributed by atoms with van der Waals surface area (Å²) in [5.41, 5.74) is 0.403. The number of carbonyl (C=O) groups is 1. The molecule has 5 aliphatic rings. The molecule has 3 heteroatoms. The Balaban J connectivity index is 1.42. The molecule has 0 radical (unpaired) electrons. The summed E-state index contributed by atoms with van der Waals surface area (Å²) >= 11 is 3.75. The molecule has 1 saturated heterocycles. The van der Waals surface area contributed by atoms with Crippen molar-refractivity contribution < 1.29 is 4.79 Å². The second kappa shape index (κ2) is 5.25. The van der Waals surface area contributed by atoms with E-state index in [1.54, 1.807) is 0 Å². The summed E-state index contributed by atoms with van der Waals surface area (Å²) in [6.07, 6.45) is 10.5. The number of piperidine rings is 1. The van der Waals surface area contributed by atoms with Crippen molar-refractivity contribution in [3.8, 4) is 0 Å². The van der Waals surface area contributed by atoms with E-state index in [4.69, 9.17) is 0 Å². The van der Waals surface area contributed by atoms with Crippen LogP contribution in [0.2, 0.25) is 0 Å². The Labute approximate surface area is 137 Å². The molecule has 4 saturated carbocycles. The molecule has 21 heavy (non-hydrogen) atoms. The zero-order valence-electron chi connectivity index (χ0n) is 13.2. The molecule has 2 nitrogen and oxygen atoms in total. The van der Waals surface area contributed by atoms with E-state index in [1.165, 1.54) is 38.5 Å². The molecule has 2 unspecified atom stereocenters.